The van der Waals surface area contributed by atoms with Crippen LogP contribution in [0, 0.1) is 0 Å². The highest BCUT2D eigenvalue weighted by molar-refractivity contribution is 7.09. The Kier molecular flexibility index (Phi) is 5.13. The van der Waals surface area contributed by atoms with Gasteiger partial charge in [0.05, 0.1) is 11.1 Å². The zero-order chi connectivity index (χ0) is 15.2. The summed E-state index contributed by atoms with van der Waals surface area (Å²) in [6.45, 7) is 3.12. The van der Waals surface area contributed by atoms with E-state index in [9.17, 15) is 4.79 Å². The van der Waals surface area contributed by atoms with Crippen LogP contribution in [0.5, 0.6) is 0 Å². The van der Waals surface area contributed by atoms with Crippen LogP contribution in [0.3, 0.4) is 0 Å². The first-order valence-electron chi connectivity index (χ1n) is 7.71. The lowest BCUT2D eigenvalue weighted by molar-refractivity contribution is -0.116. The summed E-state index contributed by atoms with van der Waals surface area (Å²) in [6.07, 6.45) is 6.15. The van der Waals surface area contributed by atoms with Crippen molar-refractivity contribution in [3.8, 4) is 10.4 Å². The highest BCUT2D eigenvalue weighted by Crippen LogP contribution is 2.23. The van der Waals surface area contributed by atoms with Gasteiger partial charge >= 0.3 is 0 Å². The number of amides is 1. The largest absolute Gasteiger partial charge is 0.326 e. The number of nitrogens with one attached hydrogen (secondary N) is 1. The molecule has 2 heterocycles. The van der Waals surface area contributed by atoms with Gasteiger partial charge < -0.3 is 10.2 Å². The number of nitrogens with zero attached hydrogens (tertiary/aromatic N) is 3. The summed E-state index contributed by atoms with van der Waals surface area (Å²) >= 11 is 1.37. The van der Waals surface area contributed by atoms with Gasteiger partial charge in [0.2, 0.25) is 5.91 Å². The molecule has 1 aromatic heterocycles. The molecule has 0 bridgehead atoms. The third kappa shape index (κ3) is 4.11. The number of benzene rings is 1. The van der Waals surface area contributed by atoms with Gasteiger partial charge in [0.25, 0.3) is 0 Å². The number of aromatic nitrogens is 2. The van der Waals surface area contributed by atoms with Crippen LogP contribution in [-0.4, -0.2) is 40.0 Å². The Morgan fingerprint density at radius 3 is 2.64 bits per heavy atom. The molecular formula is C16H20N4OS. The van der Waals surface area contributed by atoms with Gasteiger partial charge in [-0.05, 0) is 55.2 Å². The number of rotatable bonds is 5. The predicted molar refractivity (Wildman–Crippen MR) is 88.9 cm³/mol. The summed E-state index contributed by atoms with van der Waals surface area (Å²) in [5, 5.41) is 6.79. The third-order valence-corrected chi connectivity index (χ3v) is 4.63. The zero-order valence-corrected chi connectivity index (χ0v) is 13.3. The highest BCUT2D eigenvalue weighted by atomic mass is 32.1. The van der Waals surface area contributed by atoms with Crippen molar-refractivity contribution in [1.82, 2.24) is 14.5 Å². The van der Waals surface area contributed by atoms with Crippen molar-refractivity contribution in [3.63, 3.8) is 0 Å². The smallest absolute Gasteiger partial charge is 0.225 e. The molecule has 0 aliphatic carbocycles. The number of likely N-dealkylation sites (tertiary alicyclic amines) is 1. The maximum atomic E-state index is 12.0. The molecule has 1 aliphatic rings. The van der Waals surface area contributed by atoms with Crippen LogP contribution in [0.1, 0.15) is 25.7 Å². The molecule has 6 heteroatoms. The van der Waals surface area contributed by atoms with E-state index >= 15 is 0 Å². The molecule has 0 radical (unpaired) electrons. The minimum atomic E-state index is 0.0813. The second-order valence-corrected chi connectivity index (χ2v) is 6.35. The van der Waals surface area contributed by atoms with Crippen molar-refractivity contribution in [1.29, 1.82) is 0 Å². The summed E-state index contributed by atoms with van der Waals surface area (Å²) in [7, 11) is 0. The second-order valence-electron chi connectivity index (χ2n) is 5.56. The van der Waals surface area contributed by atoms with Crippen LogP contribution in [-0.2, 0) is 4.79 Å². The van der Waals surface area contributed by atoms with Gasteiger partial charge in [0, 0.05) is 18.7 Å². The van der Waals surface area contributed by atoms with Crippen LogP contribution < -0.4 is 5.32 Å². The standard InChI is InChI=1S/C16H20N4OS/c21-16(8-11-20-9-2-1-3-10-20)18-14-6-4-13(5-7-14)15-12-17-19-22-15/h4-7,12H,1-3,8-11H2,(H,18,21). The molecule has 0 saturated carbocycles. The van der Waals surface area contributed by atoms with E-state index in [2.05, 4.69) is 19.8 Å². The molecule has 0 unspecified atom stereocenters. The topological polar surface area (TPSA) is 58.1 Å². The van der Waals surface area contributed by atoms with Crippen molar-refractivity contribution in [2.45, 2.75) is 25.7 Å². The van der Waals surface area contributed by atoms with E-state index in [0.29, 0.717) is 6.42 Å². The molecule has 1 saturated heterocycles. The van der Waals surface area contributed by atoms with Crippen LogP contribution in [0.25, 0.3) is 10.4 Å². The van der Waals surface area contributed by atoms with E-state index in [0.717, 1.165) is 35.8 Å². The molecule has 22 heavy (non-hydrogen) atoms. The Morgan fingerprint density at radius 2 is 1.95 bits per heavy atom. The number of carbonyl (C=O) groups is 1. The molecule has 1 N–H and O–H groups in total. The van der Waals surface area contributed by atoms with Crippen LogP contribution >= 0.6 is 11.5 Å². The van der Waals surface area contributed by atoms with E-state index in [1.165, 1.54) is 30.8 Å². The fourth-order valence-electron chi connectivity index (χ4n) is 2.68. The molecule has 1 aliphatic heterocycles. The summed E-state index contributed by atoms with van der Waals surface area (Å²) < 4.78 is 3.86. The Balaban J connectivity index is 1.48. The number of hydrogen-bond acceptors (Lipinski definition) is 5. The van der Waals surface area contributed by atoms with E-state index in [1.54, 1.807) is 6.20 Å². The molecule has 1 amide bonds. The van der Waals surface area contributed by atoms with Gasteiger partial charge in [0.15, 0.2) is 0 Å². The Morgan fingerprint density at radius 1 is 1.18 bits per heavy atom. The van der Waals surface area contributed by atoms with Crippen molar-refractivity contribution in [3.05, 3.63) is 30.5 Å². The summed E-state index contributed by atoms with van der Waals surface area (Å²) in [4.78, 5) is 15.4. The van der Waals surface area contributed by atoms with Gasteiger partial charge in [-0.1, -0.05) is 23.0 Å². The monoisotopic (exact) mass is 316 g/mol. The van der Waals surface area contributed by atoms with Crippen molar-refractivity contribution in [2.75, 3.05) is 25.0 Å². The van der Waals surface area contributed by atoms with Crippen molar-refractivity contribution >= 4 is 23.1 Å². The fraction of sp³-hybridized carbons (Fsp3) is 0.438. The summed E-state index contributed by atoms with van der Waals surface area (Å²) in [5.41, 5.74) is 1.91. The summed E-state index contributed by atoms with van der Waals surface area (Å²) in [6, 6.07) is 7.81. The first-order chi connectivity index (χ1) is 10.8. The van der Waals surface area contributed by atoms with Crippen LogP contribution in [0.2, 0.25) is 0 Å². The molecule has 5 nitrogen and oxygen atoms in total. The lowest BCUT2D eigenvalue weighted by atomic mass is 10.1. The first-order valence-corrected chi connectivity index (χ1v) is 8.48. The Labute approximate surface area is 134 Å². The van der Waals surface area contributed by atoms with E-state index in [1.807, 2.05) is 24.3 Å². The molecule has 1 aromatic carbocycles. The van der Waals surface area contributed by atoms with E-state index in [4.69, 9.17) is 0 Å². The van der Waals surface area contributed by atoms with Crippen molar-refractivity contribution < 1.29 is 4.79 Å². The number of anilines is 1. The average molecular weight is 316 g/mol. The predicted octanol–water partition coefficient (Wildman–Crippen LogP) is 3.02. The maximum Gasteiger partial charge on any atom is 0.225 e. The van der Waals surface area contributed by atoms with E-state index in [-0.39, 0.29) is 5.91 Å². The van der Waals surface area contributed by atoms with Crippen LogP contribution in [0.4, 0.5) is 5.69 Å². The van der Waals surface area contributed by atoms with E-state index < -0.39 is 0 Å². The SMILES string of the molecule is O=C(CCN1CCCCC1)Nc1ccc(-c2cnns2)cc1. The number of carbonyl (C=O) groups excluding carboxylic acids is 1. The quantitative estimate of drug-likeness (QED) is 0.921. The molecule has 0 atom stereocenters. The molecule has 3 rings (SSSR count). The zero-order valence-electron chi connectivity index (χ0n) is 12.5. The van der Waals surface area contributed by atoms with Gasteiger partial charge in [-0.25, -0.2) is 0 Å². The van der Waals surface area contributed by atoms with Gasteiger partial charge in [-0.15, -0.1) is 5.10 Å². The first kappa shape index (κ1) is 15.1. The third-order valence-electron chi connectivity index (χ3n) is 3.92. The summed E-state index contributed by atoms with van der Waals surface area (Å²) in [5.74, 6) is 0.0813. The normalized spacial score (nSPS) is 15.6. The van der Waals surface area contributed by atoms with Crippen LogP contribution in [0.15, 0.2) is 30.5 Å². The minimum absolute atomic E-state index is 0.0813. The minimum Gasteiger partial charge on any atom is -0.326 e. The Bertz CT molecular complexity index is 591. The molecule has 116 valence electrons. The van der Waals surface area contributed by atoms with Gasteiger partial charge in [0.1, 0.15) is 0 Å². The Hall–Kier alpha value is -1.79. The maximum absolute atomic E-state index is 12.0. The van der Waals surface area contributed by atoms with Gasteiger partial charge in [-0.2, -0.15) is 0 Å². The lowest BCUT2D eigenvalue weighted by Gasteiger charge is -2.25. The highest BCUT2D eigenvalue weighted by Gasteiger charge is 2.11. The van der Waals surface area contributed by atoms with Gasteiger partial charge in [-0.3, -0.25) is 4.79 Å². The molecular weight excluding hydrogens is 296 g/mol. The fourth-order valence-corrected chi connectivity index (χ4v) is 3.20. The molecule has 0 spiro atoms. The average Bonchev–Trinajstić information content (AvgIpc) is 3.09. The number of hydrogen-bond donors (Lipinski definition) is 1. The molecule has 1 fully saturated rings. The lowest BCUT2D eigenvalue weighted by Crippen LogP contribution is -2.32. The number of piperidine rings is 1. The van der Waals surface area contributed by atoms with Crippen molar-refractivity contribution in [2.24, 2.45) is 0 Å². The second kappa shape index (κ2) is 7.47. The molecule has 2 aromatic rings.